The molecule has 1 aliphatic rings. The highest BCUT2D eigenvalue weighted by Gasteiger charge is 2.50. The first-order valence-electron chi connectivity index (χ1n) is 9.86. The maximum Gasteiger partial charge on any atom is 0.344 e. The smallest absolute Gasteiger partial charge is 0.318 e. The number of carbonyl (C=O) groups excluding carboxylic acids is 3. The van der Waals surface area contributed by atoms with Crippen molar-refractivity contribution < 1.29 is 22.8 Å². The normalized spacial score (nSPS) is 18.3. The third-order valence-corrected chi connectivity index (χ3v) is 7.45. The summed E-state index contributed by atoms with van der Waals surface area (Å²) in [5.41, 5.74) is 1.46. The molecule has 0 aliphatic carbocycles. The number of nitrogens with zero attached hydrogens (tertiary/aromatic N) is 1. The molecule has 4 rings (SSSR count). The SMILES string of the molecule is C[C@]1(c2ccccc2)NC(=O)N(NC(=O)c2cccc(S(=O)(=O)NCc3cccs3)c2)C1=O. The Labute approximate surface area is 194 Å². The van der Waals surface area contributed by atoms with E-state index in [2.05, 4.69) is 15.5 Å². The number of amides is 4. The number of thiophene rings is 1. The summed E-state index contributed by atoms with van der Waals surface area (Å²) < 4.78 is 27.7. The zero-order valence-corrected chi connectivity index (χ0v) is 19.1. The van der Waals surface area contributed by atoms with Crippen LogP contribution in [0.1, 0.15) is 27.7 Å². The van der Waals surface area contributed by atoms with E-state index in [1.165, 1.54) is 35.6 Å². The number of sulfonamides is 1. The second-order valence-electron chi connectivity index (χ2n) is 7.43. The van der Waals surface area contributed by atoms with Crippen molar-refractivity contribution in [2.45, 2.75) is 23.9 Å². The highest BCUT2D eigenvalue weighted by Crippen LogP contribution is 2.27. The van der Waals surface area contributed by atoms with Gasteiger partial charge in [0.2, 0.25) is 10.0 Å². The predicted octanol–water partition coefficient (Wildman–Crippen LogP) is 2.34. The fourth-order valence-electron chi connectivity index (χ4n) is 3.34. The van der Waals surface area contributed by atoms with E-state index in [1.807, 2.05) is 11.4 Å². The monoisotopic (exact) mass is 484 g/mol. The fourth-order valence-corrected chi connectivity index (χ4v) is 5.13. The van der Waals surface area contributed by atoms with Gasteiger partial charge in [0.15, 0.2) is 0 Å². The van der Waals surface area contributed by atoms with E-state index < -0.39 is 33.4 Å². The van der Waals surface area contributed by atoms with Gasteiger partial charge in [-0.25, -0.2) is 17.9 Å². The molecular formula is C22H20N4O5S2. The molecule has 2 aromatic carbocycles. The van der Waals surface area contributed by atoms with E-state index in [0.717, 1.165) is 4.88 Å². The molecule has 0 saturated carbocycles. The number of hydrogen-bond acceptors (Lipinski definition) is 6. The van der Waals surface area contributed by atoms with Crippen LogP contribution in [0.3, 0.4) is 0 Å². The van der Waals surface area contributed by atoms with Crippen LogP contribution in [0.5, 0.6) is 0 Å². The van der Waals surface area contributed by atoms with E-state index in [4.69, 9.17) is 0 Å². The van der Waals surface area contributed by atoms with Gasteiger partial charge in [-0.1, -0.05) is 42.5 Å². The van der Waals surface area contributed by atoms with Gasteiger partial charge in [0.25, 0.3) is 11.8 Å². The summed E-state index contributed by atoms with van der Waals surface area (Å²) >= 11 is 1.42. The van der Waals surface area contributed by atoms with E-state index in [0.29, 0.717) is 10.6 Å². The predicted molar refractivity (Wildman–Crippen MR) is 121 cm³/mol. The maximum atomic E-state index is 13.0. The Morgan fingerprint density at radius 1 is 1.06 bits per heavy atom. The van der Waals surface area contributed by atoms with Gasteiger partial charge in [0, 0.05) is 17.0 Å². The van der Waals surface area contributed by atoms with Crippen LogP contribution in [0.2, 0.25) is 0 Å². The molecule has 0 spiro atoms. The molecule has 1 atom stereocenters. The van der Waals surface area contributed by atoms with Crippen molar-refractivity contribution in [3.05, 3.63) is 88.1 Å². The van der Waals surface area contributed by atoms with Crippen molar-refractivity contribution in [1.29, 1.82) is 0 Å². The lowest BCUT2D eigenvalue weighted by Crippen LogP contribution is -2.47. The molecule has 4 amide bonds. The number of hydrazine groups is 1. The zero-order valence-electron chi connectivity index (χ0n) is 17.4. The van der Waals surface area contributed by atoms with Gasteiger partial charge in [-0.3, -0.25) is 15.0 Å². The van der Waals surface area contributed by atoms with Gasteiger partial charge in [-0.2, -0.15) is 5.01 Å². The van der Waals surface area contributed by atoms with E-state index >= 15 is 0 Å². The van der Waals surface area contributed by atoms with Crippen LogP contribution < -0.4 is 15.5 Å². The Bertz CT molecular complexity index is 1310. The van der Waals surface area contributed by atoms with Crippen LogP contribution in [0.15, 0.2) is 77.0 Å². The molecule has 170 valence electrons. The van der Waals surface area contributed by atoms with Crippen LogP contribution in [-0.4, -0.2) is 31.3 Å². The Balaban J connectivity index is 1.50. The Morgan fingerprint density at radius 3 is 2.52 bits per heavy atom. The molecule has 0 bridgehead atoms. The Kier molecular flexibility index (Phi) is 6.02. The topological polar surface area (TPSA) is 125 Å². The standard InChI is InChI=1S/C22H20N4O5S2/c1-22(16-8-3-2-4-9-16)20(28)26(21(29)24-22)25-19(27)15-7-5-11-18(13-15)33(30,31)23-14-17-10-6-12-32-17/h2-13,23H,14H2,1H3,(H,24,29)(H,25,27)/t22-/m1/s1. The molecule has 0 unspecified atom stereocenters. The van der Waals surface area contributed by atoms with Crippen LogP contribution in [0, 0.1) is 0 Å². The summed E-state index contributed by atoms with van der Waals surface area (Å²) in [5, 5.41) is 5.03. The minimum Gasteiger partial charge on any atom is -0.318 e. The van der Waals surface area contributed by atoms with Crippen molar-refractivity contribution in [1.82, 2.24) is 20.5 Å². The average Bonchev–Trinajstić information content (AvgIpc) is 3.41. The zero-order chi connectivity index (χ0) is 23.6. The third-order valence-electron chi connectivity index (χ3n) is 5.18. The van der Waals surface area contributed by atoms with E-state index in [-0.39, 0.29) is 17.0 Å². The van der Waals surface area contributed by atoms with Crippen molar-refractivity contribution in [3.63, 3.8) is 0 Å². The lowest BCUT2D eigenvalue weighted by atomic mass is 9.92. The van der Waals surface area contributed by atoms with Crippen LogP contribution in [0.25, 0.3) is 0 Å². The fraction of sp³-hybridized carbons (Fsp3) is 0.136. The molecule has 2 heterocycles. The molecule has 3 aromatic rings. The molecule has 11 heteroatoms. The first-order chi connectivity index (χ1) is 15.7. The molecule has 0 radical (unpaired) electrons. The number of hydrogen-bond donors (Lipinski definition) is 3. The van der Waals surface area contributed by atoms with Crippen molar-refractivity contribution in [2.75, 3.05) is 0 Å². The van der Waals surface area contributed by atoms with Gasteiger partial charge in [-0.15, -0.1) is 11.3 Å². The van der Waals surface area contributed by atoms with E-state index in [9.17, 15) is 22.8 Å². The summed E-state index contributed by atoms with van der Waals surface area (Å²) in [4.78, 5) is 38.9. The Morgan fingerprint density at radius 2 is 1.82 bits per heavy atom. The van der Waals surface area contributed by atoms with Crippen LogP contribution >= 0.6 is 11.3 Å². The first kappa shape index (κ1) is 22.6. The van der Waals surface area contributed by atoms with Crippen LogP contribution in [0.4, 0.5) is 4.79 Å². The summed E-state index contributed by atoms with van der Waals surface area (Å²) in [7, 11) is -3.88. The molecule has 1 aromatic heterocycles. The minimum atomic E-state index is -3.88. The third kappa shape index (κ3) is 4.51. The Hall–Kier alpha value is -3.54. The molecule has 9 nitrogen and oxygen atoms in total. The molecular weight excluding hydrogens is 464 g/mol. The van der Waals surface area contributed by atoms with Gasteiger partial charge < -0.3 is 5.32 Å². The van der Waals surface area contributed by atoms with Gasteiger partial charge in [0.05, 0.1) is 4.90 Å². The van der Waals surface area contributed by atoms with E-state index in [1.54, 1.807) is 43.3 Å². The molecule has 1 aliphatic heterocycles. The molecule has 1 saturated heterocycles. The molecule has 3 N–H and O–H groups in total. The number of imide groups is 1. The van der Waals surface area contributed by atoms with Crippen molar-refractivity contribution in [2.24, 2.45) is 0 Å². The van der Waals surface area contributed by atoms with Crippen LogP contribution in [-0.2, 0) is 26.9 Å². The molecule has 33 heavy (non-hydrogen) atoms. The summed E-state index contributed by atoms with van der Waals surface area (Å²) in [6.45, 7) is 1.66. The highest BCUT2D eigenvalue weighted by molar-refractivity contribution is 7.89. The number of carbonyl (C=O) groups is 3. The number of urea groups is 1. The minimum absolute atomic E-state index is 0.0251. The summed E-state index contributed by atoms with van der Waals surface area (Å²) in [6, 6.07) is 16.8. The van der Waals surface area contributed by atoms with Crippen molar-refractivity contribution in [3.8, 4) is 0 Å². The summed E-state index contributed by atoms with van der Waals surface area (Å²) in [6.07, 6.45) is 0. The summed E-state index contributed by atoms with van der Waals surface area (Å²) in [5.74, 6) is -1.46. The average molecular weight is 485 g/mol. The molecule has 1 fully saturated rings. The largest absolute Gasteiger partial charge is 0.344 e. The number of nitrogens with one attached hydrogen (secondary N) is 3. The second-order valence-corrected chi connectivity index (χ2v) is 10.2. The second kappa shape index (κ2) is 8.77. The maximum absolute atomic E-state index is 13.0. The number of benzene rings is 2. The van der Waals surface area contributed by atoms with Gasteiger partial charge in [0.1, 0.15) is 5.54 Å². The number of rotatable bonds is 7. The van der Waals surface area contributed by atoms with Gasteiger partial charge in [-0.05, 0) is 42.1 Å². The van der Waals surface area contributed by atoms with Gasteiger partial charge >= 0.3 is 6.03 Å². The quantitative estimate of drug-likeness (QED) is 0.444. The van der Waals surface area contributed by atoms with Crippen molar-refractivity contribution >= 4 is 39.2 Å². The lowest BCUT2D eigenvalue weighted by molar-refractivity contribution is -0.132. The lowest BCUT2D eigenvalue weighted by Gasteiger charge is -2.22. The first-order valence-corrected chi connectivity index (χ1v) is 12.2. The highest BCUT2D eigenvalue weighted by atomic mass is 32.2.